The van der Waals surface area contributed by atoms with Gasteiger partial charge in [0.15, 0.2) is 0 Å². The molecule has 1 saturated heterocycles. The van der Waals surface area contributed by atoms with Gasteiger partial charge in [0, 0.05) is 24.5 Å². The molecule has 1 aliphatic rings. The predicted octanol–water partition coefficient (Wildman–Crippen LogP) is 6.15. The van der Waals surface area contributed by atoms with Crippen molar-refractivity contribution >= 4 is 51.7 Å². The Morgan fingerprint density at radius 3 is 2.32 bits per heavy atom. The molecule has 0 aromatic heterocycles. The minimum absolute atomic E-state index is 0.0464. The van der Waals surface area contributed by atoms with Crippen molar-refractivity contribution in [1.82, 2.24) is 4.90 Å². The molecule has 31 heavy (non-hydrogen) atoms. The number of thioether (sulfide) groups is 1. The third-order valence-corrected chi connectivity index (χ3v) is 6.79. The molecule has 1 fully saturated rings. The van der Waals surface area contributed by atoms with E-state index in [-0.39, 0.29) is 5.91 Å². The number of aryl methyl sites for hydroxylation is 1. The summed E-state index contributed by atoms with van der Waals surface area (Å²) in [4.78, 5) is 17.5. The molecule has 0 spiro atoms. The first kappa shape index (κ1) is 23.4. The number of unbranched alkanes of at least 4 members (excludes halogenated alkanes) is 1. The summed E-state index contributed by atoms with van der Waals surface area (Å²) in [5.74, 6) is -0.0464. The van der Waals surface area contributed by atoms with Crippen LogP contribution in [0.5, 0.6) is 0 Å². The van der Waals surface area contributed by atoms with Gasteiger partial charge in [-0.25, -0.2) is 0 Å². The summed E-state index contributed by atoms with van der Waals surface area (Å²) >= 11 is 6.82. The molecule has 0 unspecified atom stereocenters. The van der Waals surface area contributed by atoms with Crippen molar-refractivity contribution in [3.8, 4) is 0 Å². The Kier molecular flexibility index (Phi) is 8.55. The molecule has 0 bridgehead atoms. The van der Waals surface area contributed by atoms with Crippen molar-refractivity contribution in [2.45, 2.75) is 40.0 Å². The average molecular weight is 454 g/mol. The molecule has 3 rings (SSSR count). The van der Waals surface area contributed by atoms with Crippen LogP contribution in [0.2, 0.25) is 0 Å². The van der Waals surface area contributed by atoms with E-state index in [0.717, 1.165) is 30.8 Å². The van der Waals surface area contributed by atoms with Crippen LogP contribution in [0.1, 0.15) is 44.7 Å². The Morgan fingerprint density at radius 1 is 1.03 bits per heavy atom. The number of carbonyl (C=O) groups excluding carboxylic acids is 1. The fraction of sp³-hybridized carbons (Fsp3) is 0.360. The second kappa shape index (κ2) is 11.3. The largest absolute Gasteiger partial charge is 0.372 e. The summed E-state index contributed by atoms with van der Waals surface area (Å²) in [5, 5.41) is 3.32. The molecule has 2 aromatic carbocycles. The van der Waals surface area contributed by atoms with E-state index in [4.69, 9.17) is 12.2 Å². The Bertz CT molecular complexity index is 919. The lowest BCUT2D eigenvalue weighted by Crippen LogP contribution is -2.33. The van der Waals surface area contributed by atoms with Crippen LogP contribution in [-0.4, -0.2) is 34.9 Å². The lowest BCUT2D eigenvalue weighted by molar-refractivity contribution is -0.121. The maximum Gasteiger partial charge on any atom is 0.267 e. The van der Waals surface area contributed by atoms with Crippen molar-refractivity contribution in [2.75, 3.05) is 30.0 Å². The molecule has 1 amide bonds. The Morgan fingerprint density at radius 2 is 1.71 bits per heavy atom. The molecular weight excluding hydrogens is 422 g/mol. The van der Waals surface area contributed by atoms with Crippen LogP contribution in [0, 0.1) is 0 Å². The number of thiocarbonyl (C=S) groups is 1. The van der Waals surface area contributed by atoms with Crippen molar-refractivity contribution in [1.29, 1.82) is 0 Å². The van der Waals surface area contributed by atoms with Crippen molar-refractivity contribution in [3.05, 3.63) is 64.6 Å². The Labute approximate surface area is 195 Å². The molecule has 2 aromatic rings. The van der Waals surface area contributed by atoms with E-state index in [0.29, 0.717) is 15.9 Å². The van der Waals surface area contributed by atoms with Gasteiger partial charge in [-0.3, -0.25) is 9.69 Å². The molecule has 0 saturated carbocycles. The van der Waals surface area contributed by atoms with Gasteiger partial charge in [0.1, 0.15) is 4.32 Å². The van der Waals surface area contributed by atoms with Gasteiger partial charge in [-0.15, -0.1) is 0 Å². The molecular formula is C25H31N3OS2. The van der Waals surface area contributed by atoms with Crippen LogP contribution >= 0.6 is 24.0 Å². The van der Waals surface area contributed by atoms with Crippen LogP contribution in [0.25, 0.3) is 6.08 Å². The third-order valence-electron chi connectivity index (χ3n) is 5.41. The zero-order valence-electron chi connectivity index (χ0n) is 18.6. The van der Waals surface area contributed by atoms with Crippen LogP contribution in [0.15, 0.2) is 53.4 Å². The zero-order valence-corrected chi connectivity index (χ0v) is 20.2. The SMILES string of the molecule is CCCCc1ccc(NCN2C(=O)C(=Cc3ccc(N(CC)CC)cc3)SC2=S)cc1. The molecule has 6 heteroatoms. The Balaban J connectivity index is 1.61. The van der Waals surface area contributed by atoms with E-state index in [9.17, 15) is 4.79 Å². The molecule has 0 atom stereocenters. The normalized spacial score (nSPS) is 15.1. The summed E-state index contributed by atoms with van der Waals surface area (Å²) in [7, 11) is 0. The van der Waals surface area contributed by atoms with Gasteiger partial charge >= 0.3 is 0 Å². The number of hydrogen-bond donors (Lipinski definition) is 1. The number of anilines is 2. The smallest absolute Gasteiger partial charge is 0.267 e. The lowest BCUT2D eigenvalue weighted by Gasteiger charge is -2.20. The summed E-state index contributed by atoms with van der Waals surface area (Å²) in [6.45, 7) is 8.83. The maximum absolute atomic E-state index is 12.9. The quantitative estimate of drug-likeness (QED) is 0.345. The van der Waals surface area contributed by atoms with Gasteiger partial charge in [0.05, 0.1) is 11.6 Å². The average Bonchev–Trinajstić information content (AvgIpc) is 3.05. The standard InChI is InChI=1S/C25H31N3OS2/c1-4-7-8-19-9-13-21(14-10-19)26-18-28-24(29)23(31-25(28)30)17-20-11-15-22(16-12-20)27(5-2)6-3/h9-17,26H,4-8,18H2,1-3H3. The number of hydrogen-bond acceptors (Lipinski definition) is 5. The Hall–Kier alpha value is -2.31. The predicted molar refractivity (Wildman–Crippen MR) is 139 cm³/mol. The van der Waals surface area contributed by atoms with E-state index >= 15 is 0 Å². The van der Waals surface area contributed by atoms with Gasteiger partial charge in [-0.2, -0.15) is 0 Å². The molecule has 4 nitrogen and oxygen atoms in total. The fourth-order valence-electron chi connectivity index (χ4n) is 3.50. The van der Waals surface area contributed by atoms with E-state index in [1.165, 1.54) is 35.9 Å². The van der Waals surface area contributed by atoms with Gasteiger partial charge < -0.3 is 10.2 Å². The van der Waals surface area contributed by atoms with Gasteiger partial charge in [-0.1, -0.05) is 61.6 Å². The lowest BCUT2D eigenvalue weighted by atomic mass is 10.1. The van der Waals surface area contributed by atoms with Crippen LogP contribution in [0.4, 0.5) is 11.4 Å². The van der Waals surface area contributed by atoms with E-state index in [1.54, 1.807) is 4.90 Å². The van der Waals surface area contributed by atoms with Crippen molar-refractivity contribution < 1.29 is 4.79 Å². The summed E-state index contributed by atoms with van der Waals surface area (Å²) in [5.41, 5.74) is 4.53. The minimum Gasteiger partial charge on any atom is -0.372 e. The number of carbonyl (C=O) groups is 1. The highest BCUT2D eigenvalue weighted by molar-refractivity contribution is 8.26. The first-order chi connectivity index (χ1) is 15.0. The molecule has 0 aliphatic carbocycles. The fourth-order valence-corrected chi connectivity index (χ4v) is 4.75. The molecule has 1 heterocycles. The summed E-state index contributed by atoms with van der Waals surface area (Å²) in [6, 6.07) is 16.7. The highest BCUT2D eigenvalue weighted by Gasteiger charge is 2.31. The zero-order chi connectivity index (χ0) is 22.2. The highest BCUT2D eigenvalue weighted by Crippen LogP contribution is 2.32. The number of amides is 1. The summed E-state index contributed by atoms with van der Waals surface area (Å²) < 4.78 is 0.586. The first-order valence-corrected chi connectivity index (χ1v) is 12.2. The molecule has 0 radical (unpaired) electrons. The molecule has 164 valence electrons. The van der Waals surface area contributed by atoms with Crippen LogP contribution in [0.3, 0.4) is 0 Å². The van der Waals surface area contributed by atoms with Crippen molar-refractivity contribution in [3.63, 3.8) is 0 Å². The topological polar surface area (TPSA) is 35.6 Å². The minimum atomic E-state index is -0.0464. The van der Waals surface area contributed by atoms with Crippen LogP contribution in [-0.2, 0) is 11.2 Å². The number of rotatable bonds is 10. The highest BCUT2D eigenvalue weighted by atomic mass is 32.2. The first-order valence-electron chi connectivity index (χ1n) is 11.0. The molecule has 1 aliphatic heterocycles. The summed E-state index contributed by atoms with van der Waals surface area (Å²) in [6.07, 6.45) is 5.43. The number of benzene rings is 2. The second-order valence-electron chi connectivity index (χ2n) is 7.51. The van der Waals surface area contributed by atoms with Gasteiger partial charge in [-0.05, 0) is 68.2 Å². The number of nitrogens with one attached hydrogen (secondary N) is 1. The number of nitrogens with zero attached hydrogens (tertiary/aromatic N) is 2. The third kappa shape index (κ3) is 6.11. The van der Waals surface area contributed by atoms with E-state index < -0.39 is 0 Å². The van der Waals surface area contributed by atoms with Gasteiger partial charge in [0.2, 0.25) is 0 Å². The van der Waals surface area contributed by atoms with Gasteiger partial charge in [0.25, 0.3) is 5.91 Å². The monoisotopic (exact) mass is 453 g/mol. The van der Waals surface area contributed by atoms with E-state index in [2.05, 4.69) is 79.5 Å². The molecule has 1 N–H and O–H groups in total. The second-order valence-corrected chi connectivity index (χ2v) is 9.18. The van der Waals surface area contributed by atoms with Crippen molar-refractivity contribution in [2.24, 2.45) is 0 Å². The van der Waals surface area contributed by atoms with E-state index in [1.807, 2.05) is 6.08 Å². The van der Waals surface area contributed by atoms with Crippen LogP contribution < -0.4 is 10.2 Å². The maximum atomic E-state index is 12.9.